The normalized spacial score (nSPS) is 23.6. The predicted molar refractivity (Wildman–Crippen MR) is 147 cm³/mol. The monoisotopic (exact) mass is 494 g/mol. The molecule has 1 saturated carbocycles. The maximum Gasteiger partial charge on any atom is 0.146 e. The van der Waals surface area contributed by atoms with Crippen LogP contribution in [0, 0.1) is 5.41 Å². The second-order valence-electron chi connectivity index (χ2n) is 11.4. The van der Waals surface area contributed by atoms with Gasteiger partial charge in [-0.15, -0.1) is 0 Å². The first-order valence-electron chi connectivity index (χ1n) is 13.4. The largest absolute Gasteiger partial charge is 0.457 e. The van der Waals surface area contributed by atoms with Crippen molar-refractivity contribution in [2.75, 3.05) is 39.0 Å². The van der Waals surface area contributed by atoms with Crippen molar-refractivity contribution in [3.63, 3.8) is 0 Å². The summed E-state index contributed by atoms with van der Waals surface area (Å²) in [5, 5.41) is 0.945. The van der Waals surface area contributed by atoms with Crippen molar-refractivity contribution in [1.82, 2.24) is 24.3 Å². The van der Waals surface area contributed by atoms with E-state index in [1.54, 1.807) is 6.33 Å². The fourth-order valence-corrected chi connectivity index (χ4v) is 7.01. The molecule has 37 heavy (non-hydrogen) atoms. The van der Waals surface area contributed by atoms with Gasteiger partial charge in [-0.3, -0.25) is 4.90 Å². The van der Waals surface area contributed by atoms with Crippen molar-refractivity contribution in [3.8, 4) is 22.6 Å². The highest BCUT2D eigenvalue weighted by atomic mass is 16.5. The van der Waals surface area contributed by atoms with Crippen LogP contribution < -0.4 is 10.5 Å². The maximum atomic E-state index is 6.41. The van der Waals surface area contributed by atoms with Crippen LogP contribution in [-0.2, 0) is 0 Å². The third-order valence-corrected chi connectivity index (χ3v) is 8.65. The standard InChI is InChI=1S/C30H34N6O/c1-34-16-30(17-34)18-35(19-30)22-9-11-23(12-10-22)36-15-26(27-28(31)32-20-33-29(27)36)21-7-13-25(14-8-21)37-24-5-3-2-4-6-24/h2-8,13-15,20,22-23H,9-12,16-19H2,1H3,(H2,31,32,33)/t22-,23+. The van der Waals surface area contributed by atoms with Crippen LogP contribution in [0.25, 0.3) is 22.2 Å². The highest BCUT2D eigenvalue weighted by Gasteiger charge is 2.52. The van der Waals surface area contributed by atoms with Crippen LogP contribution in [0.15, 0.2) is 67.1 Å². The fraction of sp³-hybridized carbons (Fsp3) is 0.400. The lowest BCUT2D eigenvalue weighted by atomic mass is 9.71. The summed E-state index contributed by atoms with van der Waals surface area (Å²) in [6, 6.07) is 19.2. The highest BCUT2D eigenvalue weighted by molar-refractivity contribution is 6.00. The molecule has 7 heteroatoms. The van der Waals surface area contributed by atoms with Gasteiger partial charge in [-0.2, -0.15) is 0 Å². The molecule has 1 aliphatic carbocycles. The Hall–Kier alpha value is -3.42. The second kappa shape index (κ2) is 8.85. The third kappa shape index (κ3) is 4.06. The molecular formula is C30H34N6O. The number of nitrogens with two attached hydrogens (primary N) is 1. The van der Waals surface area contributed by atoms with E-state index in [4.69, 9.17) is 15.5 Å². The molecule has 2 aromatic carbocycles. The molecule has 0 radical (unpaired) electrons. The third-order valence-electron chi connectivity index (χ3n) is 8.65. The molecule has 3 fully saturated rings. The number of ether oxygens (including phenoxy) is 1. The minimum Gasteiger partial charge on any atom is -0.457 e. The number of para-hydroxylation sites is 1. The number of rotatable bonds is 5. The van der Waals surface area contributed by atoms with Gasteiger partial charge >= 0.3 is 0 Å². The van der Waals surface area contributed by atoms with E-state index in [9.17, 15) is 0 Å². The second-order valence-corrected chi connectivity index (χ2v) is 11.4. The SMILES string of the molecule is CN1CC2(C1)CN([C@H]1CC[C@@H](n3cc(-c4ccc(Oc5ccccc5)cc4)c4c(N)ncnc43)CC1)C2. The highest BCUT2D eigenvalue weighted by Crippen LogP contribution is 2.44. The van der Waals surface area contributed by atoms with E-state index in [0.29, 0.717) is 17.3 Å². The Morgan fingerprint density at radius 1 is 0.838 bits per heavy atom. The first-order valence-corrected chi connectivity index (χ1v) is 13.4. The topological polar surface area (TPSA) is 72.4 Å². The van der Waals surface area contributed by atoms with Crippen molar-refractivity contribution in [1.29, 1.82) is 0 Å². The van der Waals surface area contributed by atoms with Gasteiger partial charge in [0.1, 0.15) is 29.3 Å². The van der Waals surface area contributed by atoms with Gasteiger partial charge in [0.05, 0.1) is 5.39 Å². The minimum absolute atomic E-state index is 0.438. The molecule has 4 heterocycles. The van der Waals surface area contributed by atoms with Gasteiger partial charge in [0.25, 0.3) is 0 Å². The molecule has 1 spiro atoms. The lowest BCUT2D eigenvalue weighted by Crippen LogP contribution is -2.72. The van der Waals surface area contributed by atoms with E-state index in [-0.39, 0.29) is 0 Å². The predicted octanol–water partition coefficient (Wildman–Crippen LogP) is 5.20. The van der Waals surface area contributed by atoms with Gasteiger partial charge in [0.2, 0.25) is 0 Å². The van der Waals surface area contributed by atoms with Crippen LogP contribution in [0.5, 0.6) is 11.5 Å². The Bertz CT molecular complexity index is 1390. The van der Waals surface area contributed by atoms with Crippen molar-refractivity contribution >= 4 is 16.9 Å². The van der Waals surface area contributed by atoms with Gasteiger partial charge in [-0.05, 0) is 62.6 Å². The number of aromatic nitrogens is 3. The number of nitrogen functional groups attached to an aromatic ring is 1. The Labute approximate surface area is 217 Å². The Kier molecular flexibility index (Phi) is 5.44. The van der Waals surface area contributed by atoms with Gasteiger partial charge < -0.3 is 19.9 Å². The number of fused-ring (bicyclic) bond motifs is 1. The lowest BCUT2D eigenvalue weighted by Gasteiger charge is -2.62. The Morgan fingerprint density at radius 2 is 1.51 bits per heavy atom. The van der Waals surface area contributed by atoms with Crippen LogP contribution in [0.4, 0.5) is 5.82 Å². The molecule has 0 atom stereocenters. The maximum absolute atomic E-state index is 6.41. The number of likely N-dealkylation sites (tertiary alicyclic amines) is 2. The summed E-state index contributed by atoms with van der Waals surface area (Å²) in [5.41, 5.74) is 10.1. The zero-order chi connectivity index (χ0) is 25.0. The number of benzene rings is 2. The zero-order valence-corrected chi connectivity index (χ0v) is 21.4. The fourth-order valence-electron chi connectivity index (χ4n) is 7.01. The summed E-state index contributed by atoms with van der Waals surface area (Å²) < 4.78 is 8.36. The summed E-state index contributed by atoms with van der Waals surface area (Å²) in [7, 11) is 2.23. The van der Waals surface area contributed by atoms with Crippen molar-refractivity contribution in [2.24, 2.45) is 5.41 Å². The molecule has 0 unspecified atom stereocenters. The summed E-state index contributed by atoms with van der Waals surface area (Å²) >= 11 is 0. The molecule has 190 valence electrons. The van der Waals surface area contributed by atoms with E-state index >= 15 is 0 Å². The molecule has 0 amide bonds. The van der Waals surface area contributed by atoms with Crippen LogP contribution in [-0.4, -0.2) is 63.6 Å². The van der Waals surface area contributed by atoms with Gasteiger partial charge in [-0.1, -0.05) is 30.3 Å². The van der Waals surface area contributed by atoms with E-state index < -0.39 is 0 Å². The smallest absolute Gasteiger partial charge is 0.146 e. The minimum atomic E-state index is 0.438. The molecule has 7 nitrogen and oxygen atoms in total. The number of nitrogens with zero attached hydrogens (tertiary/aromatic N) is 5. The first-order chi connectivity index (χ1) is 18.1. The quantitative estimate of drug-likeness (QED) is 0.411. The molecule has 7 rings (SSSR count). The van der Waals surface area contributed by atoms with E-state index in [0.717, 1.165) is 39.7 Å². The average Bonchev–Trinajstić information content (AvgIpc) is 3.28. The average molecular weight is 495 g/mol. The Morgan fingerprint density at radius 3 is 2.22 bits per heavy atom. The first kappa shape index (κ1) is 22.8. The number of hydrogen-bond donors (Lipinski definition) is 1. The van der Waals surface area contributed by atoms with Crippen molar-refractivity contribution in [3.05, 3.63) is 67.1 Å². The van der Waals surface area contributed by atoms with E-state index in [1.807, 2.05) is 42.5 Å². The van der Waals surface area contributed by atoms with Gasteiger partial charge in [-0.25, -0.2) is 9.97 Å². The summed E-state index contributed by atoms with van der Waals surface area (Å²) in [6.45, 7) is 5.13. The van der Waals surface area contributed by atoms with Crippen LogP contribution in [0.3, 0.4) is 0 Å². The lowest BCUT2D eigenvalue weighted by molar-refractivity contribution is -0.126. The van der Waals surface area contributed by atoms with Gasteiger partial charge in [0, 0.05) is 55.4 Å². The molecule has 2 aliphatic heterocycles. The van der Waals surface area contributed by atoms with E-state index in [2.05, 4.69) is 44.7 Å². The molecule has 0 bridgehead atoms. The summed E-state index contributed by atoms with van der Waals surface area (Å²) in [4.78, 5) is 14.2. The summed E-state index contributed by atoms with van der Waals surface area (Å²) in [6.07, 6.45) is 8.68. The molecule has 2 saturated heterocycles. The van der Waals surface area contributed by atoms with Crippen LogP contribution in [0.1, 0.15) is 31.7 Å². The molecule has 2 aromatic heterocycles. The number of anilines is 1. The summed E-state index contributed by atoms with van der Waals surface area (Å²) in [5.74, 6) is 2.17. The zero-order valence-electron chi connectivity index (χ0n) is 21.4. The molecule has 3 aliphatic rings. The number of hydrogen-bond acceptors (Lipinski definition) is 6. The van der Waals surface area contributed by atoms with Crippen molar-refractivity contribution in [2.45, 2.75) is 37.8 Å². The Balaban J connectivity index is 1.10. The van der Waals surface area contributed by atoms with Crippen LogP contribution in [0.2, 0.25) is 0 Å². The van der Waals surface area contributed by atoms with Gasteiger partial charge in [0.15, 0.2) is 0 Å². The van der Waals surface area contributed by atoms with Crippen LogP contribution >= 0.6 is 0 Å². The molecule has 2 N–H and O–H groups in total. The van der Waals surface area contributed by atoms with Crippen molar-refractivity contribution < 1.29 is 4.74 Å². The molecule has 4 aromatic rings. The van der Waals surface area contributed by atoms with E-state index in [1.165, 1.54) is 51.9 Å². The molecular weight excluding hydrogens is 460 g/mol.